The second-order valence-electron chi connectivity index (χ2n) is 8.12. The molecule has 2 saturated heterocycles. The van der Waals surface area contributed by atoms with E-state index < -0.39 is 0 Å². The highest BCUT2D eigenvalue weighted by Crippen LogP contribution is 2.30. The molecule has 5 heterocycles. The summed E-state index contributed by atoms with van der Waals surface area (Å²) in [5.74, 6) is 2.10. The van der Waals surface area contributed by atoms with Crippen LogP contribution in [0.15, 0.2) is 30.7 Å². The van der Waals surface area contributed by atoms with E-state index in [9.17, 15) is 0 Å². The molecule has 2 aliphatic rings. The third-order valence-corrected chi connectivity index (χ3v) is 6.10. The molecule has 5 rings (SSSR count). The minimum Gasteiger partial charge on any atom is -0.473 e. The predicted octanol–water partition coefficient (Wildman–Crippen LogP) is 2.24. The second-order valence-corrected chi connectivity index (χ2v) is 8.12. The van der Waals surface area contributed by atoms with Crippen LogP contribution >= 0.6 is 0 Å². The molecule has 158 valence electrons. The zero-order valence-electron chi connectivity index (χ0n) is 17.5. The van der Waals surface area contributed by atoms with E-state index in [1.54, 1.807) is 0 Å². The number of pyridine rings is 2. The molecule has 1 N–H and O–H groups in total. The first-order chi connectivity index (χ1) is 14.7. The summed E-state index contributed by atoms with van der Waals surface area (Å²) in [6, 6.07) is 6.14. The molecule has 0 saturated carbocycles. The van der Waals surface area contributed by atoms with Gasteiger partial charge in [-0.15, -0.1) is 0 Å². The lowest BCUT2D eigenvalue weighted by atomic mass is 10.0. The average Bonchev–Trinajstić information content (AvgIpc) is 3.45. The summed E-state index contributed by atoms with van der Waals surface area (Å²) < 4.78 is 13.8. The number of nitrogens with zero attached hydrogens (tertiary/aromatic N) is 5. The minimum absolute atomic E-state index is 0.0858. The molecule has 3 aromatic rings. The van der Waals surface area contributed by atoms with Gasteiger partial charge >= 0.3 is 0 Å². The standard InChI is InChI=1S/C22H28N6O2/c1-15(16-5-6-23-12-16)30-22-21-19(25-14-27(21)2)11-18(26-22)17-3-4-20(24-13-17)28-7-9-29-10-8-28/h3-4,11,13-16,23H,5-10,12H2,1-2H3/t15-,16-/m1/s1. The molecule has 3 aromatic heterocycles. The molecule has 0 radical (unpaired) electrons. The Balaban J connectivity index is 1.45. The van der Waals surface area contributed by atoms with Crippen molar-refractivity contribution in [2.75, 3.05) is 44.3 Å². The Labute approximate surface area is 176 Å². The number of hydrogen-bond donors (Lipinski definition) is 1. The molecule has 8 heteroatoms. The number of aromatic nitrogens is 4. The average molecular weight is 409 g/mol. The van der Waals surface area contributed by atoms with Crippen LogP contribution in [-0.4, -0.2) is 65.0 Å². The lowest BCUT2D eigenvalue weighted by Gasteiger charge is -2.27. The minimum atomic E-state index is 0.0858. The third kappa shape index (κ3) is 3.73. The van der Waals surface area contributed by atoms with Gasteiger partial charge in [0.25, 0.3) is 0 Å². The lowest BCUT2D eigenvalue weighted by molar-refractivity contribution is 0.122. The highest BCUT2D eigenvalue weighted by Gasteiger charge is 2.25. The number of aryl methyl sites for hydroxylation is 1. The Kier molecular flexibility index (Phi) is 5.26. The number of rotatable bonds is 5. The van der Waals surface area contributed by atoms with E-state index in [-0.39, 0.29) is 6.10 Å². The van der Waals surface area contributed by atoms with Gasteiger partial charge in [-0.3, -0.25) is 0 Å². The van der Waals surface area contributed by atoms with Gasteiger partial charge in [0.15, 0.2) is 0 Å². The summed E-state index contributed by atoms with van der Waals surface area (Å²) >= 11 is 0. The lowest BCUT2D eigenvalue weighted by Crippen LogP contribution is -2.36. The summed E-state index contributed by atoms with van der Waals surface area (Å²) in [7, 11) is 1.98. The Morgan fingerprint density at radius 2 is 2.10 bits per heavy atom. The van der Waals surface area contributed by atoms with E-state index in [1.165, 1.54) is 0 Å². The number of imidazole rings is 1. The van der Waals surface area contributed by atoms with Crippen LogP contribution in [0.2, 0.25) is 0 Å². The Morgan fingerprint density at radius 1 is 1.23 bits per heavy atom. The van der Waals surface area contributed by atoms with Crippen molar-refractivity contribution >= 4 is 16.9 Å². The van der Waals surface area contributed by atoms with Crippen molar-refractivity contribution in [1.82, 2.24) is 24.8 Å². The fourth-order valence-electron chi connectivity index (χ4n) is 4.24. The van der Waals surface area contributed by atoms with Crippen molar-refractivity contribution < 1.29 is 9.47 Å². The van der Waals surface area contributed by atoms with Crippen molar-refractivity contribution in [3.05, 3.63) is 30.7 Å². The maximum atomic E-state index is 6.38. The van der Waals surface area contributed by atoms with Crippen LogP contribution in [-0.2, 0) is 11.8 Å². The highest BCUT2D eigenvalue weighted by molar-refractivity contribution is 5.84. The van der Waals surface area contributed by atoms with Crippen molar-refractivity contribution in [3.63, 3.8) is 0 Å². The van der Waals surface area contributed by atoms with Gasteiger partial charge in [-0.25, -0.2) is 15.0 Å². The summed E-state index contributed by atoms with van der Waals surface area (Å²) in [4.78, 5) is 16.3. The summed E-state index contributed by atoms with van der Waals surface area (Å²) in [6.45, 7) is 7.41. The summed E-state index contributed by atoms with van der Waals surface area (Å²) in [5.41, 5.74) is 3.59. The SMILES string of the molecule is C[C@@H](Oc1nc(-c2ccc(N3CCOCC3)nc2)cc2ncn(C)c12)[C@@H]1CCNC1. The zero-order valence-corrected chi connectivity index (χ0v) is 17.5. The number of hydrogen-bond acceptors (Lipinski definition) is 7. The fourth-order valence-corrected chi connectivity index (χ4v) is 4.24. The van der Waals surface area contributed by atoms with E-state index in [0.29, 0.717) is 11.8 Å². The van der Waals surface area contributed by atoms with Crippen LogP contribution in [0.5, 0.6) is 5.88 Å². The molecule has 2 atom stereocenters. The van der Waals surface area contributed by atoms with E-state index in [4.69, 9.17) is 14.5 Å². The van der Waals surface area contributed by atoms with Crippen LogP contribution < -0.4 is 15.0 Å². The molecular weight excluding hydrogens is 380 g/mol. The first-order valence-corrected chi connectivity index (χ1v) is 10.7. The fraction of sp³-hybridized carbons (Fsp3) is 0.500. The van der Waals surface area contributed by atoms with E-state index in [0.717, 1.165) is 73.9 Å². The molecule has 0 amide bonds. The van der Waals surface area contributed by atoms with Crippen LogP contribution in [0.3, 0.4) is 0 Å². The number of nitrogens with one attached hydrogen (secondary N) is 1. The van der Waals surface area contributed by atoms with Gasteiger partial charge in [0.2, 0.25) is 5.88 Å². The second kappa shape index (κ2) is 8.20. The molecule has 0 aliphatic carbocycles. The van der Waals surface area contributed by atoms with Gasteiger partial charge in [0.05, 0.1) is 30.8 Å². The van der Waals surface area contributed by atoms with Crippen LogP contribution in [0.1, 0.15) is 13.3 Å². The molecule has 2 aliphatic heterocycles. The number of anilines is 1. The van der Waals surface area contributed by atoms with Gasteiger partial charge in [0.1, 0.15) is 17.4 Å². The highest BCUT2D eigenvalue weighted by atomic mass is 16.5. The van der Waals surface area contributed by atoms with Crippen LogP contribution in [0, 0.1) is 5.92 Å². The van der Waals surface area contributed by atoms with Crippen molar-refractivity contribution in [2.24, 2.45) is 13.0 Å². The molecule has 0 spiro atoms. The summed E-state index contributed by atoms with van der Waals surface area (Å²) in [5, 5.41) is 3.41. The monoisotopic (exact) mass is 408 g/mol. The van der Waals surface area contributed by atoms with Gasteiger partial charge in [-0.1, -0.05) is 0 Å². The van der Waals surface area contributed by atoms with E-state index in [1.807, 2.05) is 30.2 Å². The first-order valence-electron chi connectivity index (χ1n) is 10.7. The molecule has 30 heavy (non-hydrogen) atoms. The zero-order chi connectivity index (χ0) is 20.5. The van der Waals surface area contributed by atoms with Crippen molar-refractivity contribution in [1.29, 1.82) is 0 Å². The Morgan fingerprint density at radius 3 is 2.83 bits per heavy atom. The Hall–Kier alpha value is -2.71. The maximum absolute atomic E-state index is 6.38. The predicted molar refractivity (Wildman–Crippen MR) is 116 cm³/mol. The van der Waals surface area contributed by atoms with Gasteiger partial charge in [0, 0.05) is 44.4 Å². The first kappa shape index (κ1) is 19.3. The molecule has 0 aromatic carbocycles. The molecule has 2 fully saturated rings. The topological polar surface area (TPSA) is 77.3 Å². The number of fused-ring (bicyclic) bond motifs is 1. The van der Waals surface area contributed by atoms with Gasteiger partial charge in [-0.05, 0) is 38.1 Å². The van der Waals surface area contributed by atoms with Crippen molar-refractivity contribution in [2.45, 2.75) is 19.4 Å². The largest absolute Gasteiger partial charge is 0.473 e. The third-order valence-electron chi connectivity index (χ3n) is 6.10. The Bertz CT molecular complexity index is 1010. The van der Waals surface area contributed by atoms with E-state index >= 15 is 0 Å². The van der Waals surface area contributed by atoms with Gasteiger partial charge < -0.3 is 24.3 Å². The van der Waals surface area contributed by atoms with Crippen LogP contribution in [0.25, 0.3) is 22.3 Å². The van der Waals surface area contributed by atoms with Gasteiger partial charge in [-0.2, -0.15) is 0 Å². The molecule has 8 nitrogen and oxygen atoms in total. The number of morpholine rings is 1. The molecule has 0 unspecified atom stereocenters. The smallest absolute Gasteiger partial charge is 0.241 e. The normalized spacial score (nSPS) is 20.6. The summed E-state index contributed by atoms with van der Waals surface area (Å²) in [6.07, 6.45) is 4.91. The van der Waals surface area contributed by atoms with E-state index in [2.05, 4.69) is 39.2 Å². The van der Waals surface area contributed by atoms with Crippen molar-refractivity contribution in [3.8, 4) is 17.1 Å². The number of ether oxygens (including phenoxy) is 2. The molecular formula is C22H28N6O2. The quantitative estimate of drug-likeness (QED) is 0.694. The molecule has 0 bridgehead atoms. The maximum Gasteiger partial charge on any atom is 0.241 e. The van der Waals surface area contributed by atoms with Crippen LogP contribution in [0.4, 0.5) is 5.82 Å².